The fourth-order valence-electron chi connectivity index (χ4n) is 2.72. The Balaban J connectivity index is 2.12. The number of hydrogen-bond donors (Lipinski definition) is 2. The number of rotatable bonds is 5. The van der Waals surface area contributed by atoms with Gasteiger partial charge in [-0.1, -0.05) is 18.2 Å². The zero-order valence-corrected chi connectivity index (χ0v) is 13.5. The zero-order chi connectivity index (χ0) is 17.3. The summed E-state index contributed by atoms with van der Waals surface area (Å²) in [7, 11) is 0. The molecule has 24 heavy (non-hydrogen) atoms. The minimum Gasteiger partial charge on any atom is -0.364 e. The van der Waals surface area contributed by atoms with E-state index in [4.69, 9.17) is 5.73 Å². The first-order valence-electron chi connectivity index (χ1n) is 7.64. The predicted molar refractivity (Wildman–Crippen MR) is 93.8 cm³/mol. The van der Waals surface area contributed by atoms with Crippen LogP contribution in [-0.4, -0.2) is 22.1 Å². The number of carbonyl (C=O) groups is 2. The van der Waals surface area contributed by atoms with Crippen LogP contribution in [0, 0.1) is 0 Å². The van der Waals surface area contributed by atoms with Gasteiger partial charge in [0.25, 0.3) is 5.91 Å². The number of fused-ring (bicyclic) bond motifs is 1. The van der Waals surface area contributed by atoms with Crippen molar-refractivity contribution in [2.75, 3.05) is 5.32 Å². The van der Waals surface area contributed by atoms with Gasteiger partial charge in [0.05, 0.1) is 5.52 Å². The van der Waals surface area contributed by atoms with Crippen LogP contribution in [0.2, 0.25) is 0 Å². The third kappa shape index (κ3) is 2.74. The van der Waals surface area contributed by atoms with Crippen LogP contribution in [0.5, 0.6) is 0 Å². The largest absolute Gasteiger partial charge is 0.364 e. The Labute approximate surface area is 139 Å². The summed E-state index contributed by atoms with van der Waals surface area (Å²) in [4.78, 5) is 22.2. The van der Waals surface area contributed by atoms with Gasteiger partial charge < -0.3 is 11.1 Å². The van der Waals surface area contributed by atoms with E-state index in [1.807, 2.05) is 56.3 Å². The molecule has 122 valence electrons. The Morgan fingerprint density at radius 3 is 2.42 bits per heavy atom. The van der Waals surface area contributed by atoms with Crippen molar-refractivity contribution < 1.29 is 9.59 Å². The second-order valence-corrected chi connectivity index (χ2v) is 5.82. The van der Waals surface area contributed by atoms with E-state index >= 15 is 0 Å². The van der Waals surface area contributed by atoms with Crippen molar-refractivity contribution in [3.8, 4) is 11.1 Å². The lowest BCUT2D eigenvalue weighted by Gasteiger charge is -2.08. The number of amides is 2. The molecule has 1 heterocycles. The van der Waals surface area contributed by atoms with Crippen molar-refractivity contribution in [1.29, 1.82) is 0 Å². The maximum Gasteiger partial charge on any atom is 0.269 e. The molecular formula is C18H18N4O2. The highest BCUT2D eigenvalue weighted by atomic mass is 16.1. The lowest BCUT2D eigenvalue weighted by atomic mass is 10.0. The number of nitrogens with zero attached hydrogens (tertiary/aromatic N) is 2. The molecule has 2 amide bonds. The van der Waals surface area contributed by atoms with Gasteiger partial charge in [-0.15, -0.1) is 0 Å². The Bertz CT molecular complexity index is 911. The number of benzene rings is 2. The third-order valence-corrected chi connectivity index (χ3v) is 3.87. The average molecular weight is 322 g/mol. The van der Waals surface area contributed by atoms with Gasteiger partial charge in [0.1, 0.15) is 0 Å². The van der Waals surface area contributed by atoms with Crippen molar-refractivity contribution in [3.05, 3.63) is 48.2 Å². The molecule has 0 radical (unpaired) electrons. The molecule has 2 aromatic carbocycles. The standard InChI is InChI=1S/C18H18N4O2/c1-11(2)22-16-8-5-13(9-15(16)17(21-22)18(19)24)12-3-6-14(7-4-12)20-10-23/h3-11H,1-2H3,(H2,19,24)(H,20,23). The van der Waals surface area contributed by atoms with E-state index in [1.54, 1.807) is 4.68 Å². The topological polar surface area (TPSA) is 90.0 Å². The molecule has 3 N–H and O–H groups in total. The van der Waals surface area contributed by atoms with Gasteiger partial charge in [0.15, 0.2) is 5.69 Å². The average Bonchev–Trinajstić information content (AvgIpc) is 2.95. The first kappa shape index (κ1) is 15.7. The van der Waals surface area contributed by atoms with Crippen LogP contribution in [0.25, 0.3) is 22.0 Å². The lowest BCUT2D eigenvalue weighted by molar-refractivity contribution is -0.105. The van der Waals surface area contributed by atoms with Crippen LogP contribution in [0.15, 0.2) is 42.5 Å². The van der Waals surface area contributed by atoms with E-state index < -0.39 is 5.91 Å². The number of hydrogen-bond acceptors (Lipinski definition) is 3. The Morgan fingerprint density at radius 2 is 1.83 bits per heavy atom. The van der Waals surface area contributed by atoms with Crippen molar-refractivity contribution in [2.45, 2.75) is 19.9 Å². The van der Waals surface area contributed by atoms with Gasteiger partial charge in [0, 0.05) is 17.1 Å². The number of nitrogens with two attached hydrogens (primary N) is 1. The van der Waals surface area contributed by atoms with E-state index in [1.165, 1.54) is 0 Å². The van der Waals surface area contributed by atoms with Crippen LogP contribution in [-0.2, 0) is 4.79 Å². The molecule has 0 unspecified atom stereocenters. The Morgan fingerprint density at radius 1 is 1.17 bits per heavy atom. The first-order valence-corrected chi connectivity index (χ1v) is 7.64. The molecule has 3 aromatic rings. The van der Waals surface area contributed by atoms with Crippen LogP contribution in [0.1, 0.15) is 30.4 Å². The summed E-state index contributed by atoms with van der Waals surface area (Å²) in [6.45, 7) is 4.01. The number of carbonyl (C=O) groups excluding carboxylic acids is 2. The second-order valence-electron chi connectivity index (χ2n) is 5.82. The van der Waals surface area contributed by atoms with E-state index in [0.29, 0.717) is 6.41 Å². The minimum atomic E-state index is -0.540. The van der Waals surface area contributed by atoms with Crippen molar-refractivity contribution in [3.63, 3.8) is 0 Å². The third-order valence-electron chi connectivity index (χ3n) is 3.87. The highest BCUT2D eigenvalue weighted by molar-refractivity contribution is 6.05. The summed E-state index contributed by atoms with van der Waals surface area (Å²) in [6.07, 6.45) is 0.639. The summed E-state index contributed by atoms with van der Waals surface area (Å²) < 4.78 is 1.80. The molecule has 0 fully saturated rings. The predicted octanol–water partition coefficient (Wildman–Crippen LogP) is 2.95. The molecule has 0 aliphatic rings. The molecule has 0 saturated carbocycles. The van der Waals surface area contributed by atoms with Crippen LogP contribution >= 0.6 is 0 Å². The summed E-state index contributed by atoms with van der Waals surface area (Å²) in [5.74, 6) is -0.540. The molecular weight excluding hydrogens is 304 g/mol. The van der Waals surface area contributed by atoms with Crippen LogP contribution < -0.4 is 11.1 Å². The molecule has 0 bridgehead atoms. The van der Waals surface area contributed by atoms with E-state index in [9.17, 15) is 9.59 Å². The summed E-state index contributed by atoms with van der Waals surface area (Å²) >= 11 is 0. The number of anilines is 1. The molecule has 0 spiro atoms. The van der Waals surface area contributed by atoms with Crippen LogP contribution in [0.4, 0.5) is 5.69 Å². The fourth-order valence-corrected chi connectivity index (χ4v) is 2.72. The maximum atomic E-state index is 11.7. The van der Waals surface area contributed by atoms with Gasteiger partial charge in [-0.3, -0.25) is 14.3 Å². The van der Waals surface area contributed by atoms with Gasteiger partial charge in [-0.2, -0.15) is 5.10 Å². The molecule has 3 rings (SSSR count). The first-order chi connectivity index (χ1) is 11.5. The lowest BCUT2D eigenvalue weighted by Crippen LogP contribution is -2.13. The highest BCUT2D eigenvalue weighted by Crippen LogP contribution is 2.28. The number of nitrogens with one attached hydrogen (secondary N) is 1. The summed E-state index contributed by atoms with van der Waals surface area (Å²) in [5, 5.41) is 7.70. The quantitative estimate of drug-likeness (QED) is 0.708. The van der Waals surface area contributed by atoms with Gasteiger partial charge in [-0.25, -0.2) is 0 Å². The van der Waals surface area contributed by atoms with Crippen molar-refractivity contribution >= 4 is 28.9 Å². The Kier molecular flexibility index (Phi) is 4.04. The maximum absolute atomic E-state index is 11.7. The molecule has 6 nitrogen and oxygen atoms in total. The van der Waals surface area contributed by atoms with Gasteiger partial charge in [-0.05, 0) is 49.2 Å². The Hall–Kier alpha value is -3.15. The SMILES string of the molecule is CC(C)n1nc(C(N)=O)c2cc(-c3ccc(NC=O)cc3)ccc21. The molecule has 0 atom stereocenters. The van der Waals surface area contributed by atoms with Gasteiger partial charge in [0.2, 0.25) is 6.41 Å². The molecule has 6 heteroatoms. The smallest absolute Gasteiger partial charge is 0.269 e. The normalized spacial score (nSPS) is 11.0. The molecule has 1 aromatic heterocycles. The van der Waals surface area contributed by atoms with E-state index in [0.717, 1.165) is 27.7 Å². The van der Waals surface area contributed by atoms with Crippen LogP contribution in [0.3, 0.4) is 0 Å². The molecule has 0 aliphatic heterocycles. The summed E-state index contributed by atoms with van der Waals surface area (Å²) in [6, 6.07) is 13.4. The van der Waals surface area contributed by atoms with E-state index in [2.05, 4.69) is 10.4 Å². The monoisotopic (exact) mass is 322 g/mol. The fraction of sp³-hybridized carbons (Fsp3) is 0.167. The van der Waals surface area contributed by atoms with Crippen molar-refractivity contribution in [2.24, 2.45) is 5.73 Å². The minimum absolute atomic E-state index is 0.125. The second kappa shape index (κ2) is 6.16. The zero-order valence-electron chi connectivity index (χ0n) is 13.5. The molecule has 0 saturated heterocycles. The number of primary amides is 1. The summed E-state index contributed by atoms with van der Waals surface area (Å²) in [5.41, 5.74) is 9.28. The van der Waals surface area contributed by atoms with Gasteiger partial charge >= 0.3 is 0 Å². The highest BCUT2D eigenvalue weighted by Gasteiger charge is 2.17. The molecule has 0 aliphatic carbocycles. The van der Waals surface area contributed by atoms with Crippen molar-refractivity contribution in [1.82, 2.24) is 9.78 Å². The number of aromatic nitrogens is 2. The van der Waals surface area contributed by atoms with E-state index in [-0.39, 0.29) is 11.7 Å².